The number of aliphatic carboxylic acids is 1. The second kappa shape index (κ2) is 9.47. The van der Waals surface area contributed by atoms with E-state index in [9.17, 15) is 18.8 Å². The van der Waals surface area contributed by atoms with Crippen LogP contribution in [0.2, 0.25) is 0 Å². The van der Waals surface area contributed by atoms with E-state index < -0.39 is 36.4 Å². The predicted molar refractivity (Wildman–Crippen MR) is 117 cm³/mol. The molecule has 0 aliphatic heterocycles. The van der Waals surface area contributed by atoms with E-state index in [0.717, 1.165) is 34.5 Å². The Morgan fingerprint density at radius 2 is 1.64 bits per heavy atom. The molecule has 0 bridgehead atoms. The van der Waals surface area contributed by atoms with Gasteiger partial charge in [-0.2, -0.15) is 4.39 Å². The van der Waals surface area contributed by atoms with Crippen molar-refractivity contribution in [1.82, 2.24) is 10.3 Å². The molecule has 0 fully saturated rings. The number of benzene rings is 2. The third-order valence-corrected chi connectivity index (χ3v) is 5.33. The lowest BCUT2D eigenvalue weighted by Gasteiger charge is -2.18. The lowest BCUT2D eigenvalue weighted by Crippen LogP contribution is -2.45. The van der Waals surface area contributed by atoms with Crippen LogP contribution in [0.1, 0.15) is 23.5 Å². The van der Waals surface area contributed by atoms with Gasteiger partial charge in [0.15, 0.2) is 0 Å². The minimum absolute atomic E-state index is 0.0170. The molecule has 8 nitrogen and oxygen atoms in total. The number of pyridine rings is 1. The molecule has 3 N–H and O–H groups in total. The van der Waals surface area contributed by atoms with E-state index in [4.69, 9.17) is 9.84 Å². The van der Waals surface area contributed by atoms with Gasteiger partial charge in [-0.3, -0.25) is 9.59 Å². The summed E-state index contributed by atoms with van der Waals surface area (Å²) in [5.41, 5.74) is 4.34. The van der Waals surface area contributed by atoms with Crippen LogP contribution in [-0.2, 0) is 14.3 Å². The Hall–Kier alpha value is -4.27. The SMILES string of the molecule is O=C(O)CC(NC(=O)OCC1c2ccccc2-c2ccccc21)C(=O)Nc1ccc(F)nc1. The fourth-order valence-electron chi connectivity index (χ4n) is 3.85. The molecule has 0 spiro atoms. The van der Waals surface area contributed by atoms with Crippen LogP contribution in [0.5, 0.6) is 0 Å². The zero-order valence-corrected chi connectivity index (χ0v) is 17.3. The van der Waals surface area contributed by atoms with Crippen molar-refractivity contribution >= 4 is 23.7 Å². The Balaban J connectivity index is 1.42. The molecule has 1 atom stereocenters. The number of fused-ring (bicyclic) bond motifs is 3. The van der Waals surface area contributed by atoms with Crippen LogP contribution in [0.4, 0.5) is 14.9 Å². The summed E-state index contributed by atoms with van der Waals surface area (Å²) >= 11 is 0. The molecule has 3 aromatic rings. The third-order valence-electron chi connectivity index (χ3n) is 5.33. The van der Waals surface area contributed by atoms with Gasteiger partial charge in [-0.15, -0.1) is 0 Å². The van der Waals surface area contributed by atoms with Crippen LogP contribution < -0.4 is 10.6 Å². The highest BCUT2D eigenvalue weighted by molar-refractivity contribution is 5.98. The Bertz CT molecular complexity index is 1150. The van der Waals surface area contributed by atoms with Crippen molar-refractivity contribution in [2.75, 3.05) is 11.9 Å². The zero-order chi connectivity index (χ0) is 23.4. The van der Waals surface area contributed by atoms with Crippen molar-refractivity contribution in [3.8, 4) is 11.1 Å². The van der Waals surface area contributed by atoms with Gasteiger partial charge in [0, 0.05) is 5.92 Å². The van der Waals surface area contributed by atoms with Gasteiger partial charge in [-0.05, 0) is 34.4 Å². The molecule has 1 aromatic heterocycles. The van der Waals surface area contributed by atoms with Crippen molar-refractivity contribution in [2.45, 2.75) is 18.4 Å². The molecule has 2 aromatic carbocycles. The smallest absolute Gasteiger partial charge is 0.407 e. The molecule has 33 heavy (non-hydrogen) atoms. The van der Waals surface area contributed by atoms with Crippen molar-refractivity contribution < 1.29 is 28.6 Å². The first kappa shape index (κ1) is 21.9. The number of ether oxygens (including phenoxy) is 1. The van der Waals surface area contributed by atoms with Crippen LogP contribution in [0.3, 0.4) is 0 Å². The Labute approximate surface area is 188 Å². The quantitative estimate of drug-likeness (QED) is 0.475. The van der Waals surface area contributed by atoms with Gasteiger partial charge in [0.2, 0.25) is 11.9 Å². The summed E-state index contributed by atoms with van der Waals surface area (Å²) in [6, 6.07) is 16.6. The summed E-state index contributed by atoms with van der Waals surface area (Å²) in [6.45, 7) is 0.0170. The van der Waals surface area contributed by atoms with Gasteiger partial charge in [0.25, 0.3) is 0 Å². The predicted octanol–water partition coefficient (Wildman–Crippen LogP) is 3.54. The van der Waals surface area contributed by atoms with Gasteiger partial charge >= 0.3 is 12.1 Å². The van der Waals surface area contributed by atoms with Crippen molar-refractivity contribution in [1.29, 1.82) is 0 Å². The first-order valence-electron chi connectivity index (χ1n) is 10.2. The topological polar surface area (TPSA) is 118 Å². The molecule has 9 heteroatoms. The van der Waals surface area contributed by atoms with E-state index in [1.807, 2.05) is 48.5 Å². The molecule has 0 saturated heterocycles. The summed E-state index contributed by atoms with van der Waals surface area (Å²) in [4.78, 5) is 39.6. The van der Waals surface area contributed by atoms with Crippen LogP contribution in [0, 0.1) is 5.95 Å². The molecule has 1 aliphatic carbocycles. The lowest BCUT2D eigenvalue weighted by atomic mass is 9.98. The lowest BCUT2D eigenvalue weighted by molar-refractivity contribution is -0.139. The second-order valence-electron chi connectivity index (χ2n) is 7.48. The number of anilines is 1. The zero-order valence-electron chi connectivity index (χ0n) is 17.3. The van der Waals surface area contributed by atoms with Crippen LogP contribution >= 0.6 is 0 Å². The average Bonchev–Trinajstić information content (AvgIpc) is 3.12. The van der Waals surface area contributed by atoms with E-state index in [-0.39, 0.29) is 18.2 Å². The van der Waals surface area contributed by atoms with Crippen LogP contribution in [0.15, 0.2) is 66.9 Å². The molecule has 0 saturated carbocycles. The summed E-state index contributed by atoms with van der Waals surface area (Å²) < 4.78 is 18.3. The highest BCUT2D eigenvalue weighted by atomic mass is 19.1. The molecule has 0 radical (unpaired) electrons. The number of carbonyl (C=O) groups is 3. The van der Waals surface area contributed by atoms with E-state index >= 15 is 0 Å². The van der Waals surface area contributed by atoms with Gasteiger partial charge in [-0.1, -0.05) is 48.5 Å². The van der Waals surface area contributed by atoms with Crippen molar-refractivity contribution in [2.24, 2.45) is 0 Å². The first-order chi connectivity index (χ1) is 15.9. The van der Waals surface area contributed by atoms with Gasteiger partial charge in [0.1, 0.15) is 12.6 Å². The number of carboxylic acids is 1. The van der Waals surface area contributed by atoms with E-state index in [1.165, 1.54) is 6.07 Å². The molecule has 168 valence electrons. The Morgan fingerprint density at radius 3 is 2.21 bits per heavy atom. The summed E-state index contributed by atoms with van der Waals surface area (Å²) in [6.07, 6.45) is -0.501. The molecule has 1 unspecified atom stereocenters. The maximum absolute atomic E-state index is 12.9. The van der Waals surface area contributed by atoms with Crippen LogP contribution in [0.25, 0.3) is 11.1 Å². The summed E-state index contributed by atoms with van der Waals surface area (Å²) in [7, 11) is 0. The standard InChI is InChI=1S/C24H20FN3O5/c25-21-10-9-14(12-26-21)27-23(31)20(11-22(29)30)28-24(32)33-13-19-17-7-3-1-5-15(17)16-6-2-4-8-18(16)19/h1-10,12,19-20H,11,13H2,(H,27,31)(H,28,32)(H,29,30). The summed E-state index contributed by atoms with van der Waals surface area (Å²) in [5, 5.41) is 13.8. The fraction of sp³-hybridized carbons (Fsp3) is 0.167. The van der Waals surface area contributed by atoms with Crippen molar-refractivity contribution in [3.63, 3.8) is 0 Å². The number of amides is 2. The number of halogens is 1. The second-order valence-corrected chi connectivity index (χ2v) is 7.48. The highest BCUT2D eigenvalue weighted by Gasteiger charge is 2.30. The van der Waals surface area contributed by atoms with Crippen LogP contribution in [-0.4, -0.2) is 40.7 Å². The number of aromatic nitrogens is 1. The number of carboxylic acid groups (broad SMARTS) is 1. The molecule has 4 rings (SSSR count). The maximum atomic E-state index is 12.9. The monoisotopic (exact) mass is 449 g/mol. The molecule has 1 heterocycles. The van der Waals surface area contributed by atoms with E-state index in [0.29, 0.717) is 0 Å². The number of rotatable bonds is 7. The van der Waals surface area contributed by atoms with Gasteiger partial charge in [0.05, 0.1) is 18.3 Å². The highest BCUT2D eigenvalue weighted by Crippen LogP contribution is 2.44. The fourth-order valence-corrected chi connectivity index (χ4v) is 3.85. The number of carbonyl (C=O) groups excluding carboxylic acids is 2. The van der Waals surface area contributed by atoms with E-state index in [1.54, 1.807) is 0 Å². The third kappa shape index (κ3) is 4.98. The maximum Gasteiger partial charge on any atom is 0.407 e. The van der Waals surface area contributed by atoms with Crippen molar-refractivity contribution in [3.05, 3.63) is 83.9 Å². The number of nitrogens with zero attached hydrogens (tertiary/aromatic N) is 1. The Morgan fingerprint density at radius 1 is 1.00 bits per heavy atom. The van der Waals surface area contributed by atoms with E-state index in [2.05, 4.69) is 15.6 Å². The first-order valence-corrected chi connectivity index (χ1v) is 10.2. The number of hydrogen-bond donors (Lipinski definition) is 3. The normalized spacial score (nSPS) is 12.9. The number of nitrogens with one attached hydrogen (secondary N) is 2. The number of alkyl carbamates (subject to hydrolysis) is 1. The van der Waals surface area contributed by atoms with Gasteiger partial charge < -0.3 is 20.5 Å². The van der Waals surface area contributed by atoms with Gasteiger partial charge in [-0.25, -0.2) is 9.78 Å². The Kier molecular flexibility index (Phi) is 6.30. The molecular weight excluding hydrogens is 429 g/mol. The largest absolute Gasteiger partial charge is 0.481 e. The minimum Gasteiger partial charge on any atom is -0.481 e. The molecular formula is C24H20FN3O5. The number of hydrogen-bond acceptors (Lipinski definition) is 5. The summed E-state index contributed by atoms with van der Waals surface area (Å²) in [5.74, 6) is -2.99. The molecule has 1 aliphatic rings. The molecule has 2 amide bonds. The average molecular weight is 449 g/mol. The minimum atomic E-state index is -1.40.